The van der Waals surface area contributed by atoms with Gasteiger partial charge in [-0.3, -0.25) is 9.69 Å². The number of anilines is 1. The number of esters is 1. The first-order valence-corrected chi connectivity index (χ1v) is 9.30. The zero-order valence-corrected chi connectivity index (χ0v) is 15.9. The van der Waals surface area contributed by atoms with Crippen molar-refractivity contribution in [3.8, 4) is 5.75 Å². The summed E-state index contributed by atoms with van der Waals surface area (Å²) in [4.78, 5) is 29.1. The lowest BCUT2D eigenvalue weighted by Gasteiger charge is -2.19. The molecule has 0 aliphatic heterocycles. The molecule has 1 aromatic carbocycles. The zero-order chi connectivity index (χ0) is 20.5. The Kier molecular flexibility index (Phi) is 5.59. The van der Waals surface area contributed by atoms with Crippen LogP contribution in [0.2, 0.25) is 0 Å². The van der Waals surface area contributed by atoms with Crippen LogP contribution in [-0.2, 0) is 10.9 Å². The number of nitrogens with zero attached hydrogens (tertiary/aromatic N) is 2. The van der Waals surface area contributed by atoms with Crippen molar-refractivity contribution in [1.29, 1.82) is 0 Å². The van der Waals surface area contributed by atoms with Gasteiger partial charge in [-0.25, -0.2) is 9.78 Å². The number of halogens is 3. The number of aromatic nitrogens is 1. The van der Waals surface area contributed by atoms with E-state index in [4.69, 9.17) is 9.47 Å². The molecule has 1 aromatic heterocycles. The molecule has 1 heterocycles. The first kappa shape index (κ1) is 20.1. The molecule has 1 aliphatic rings. The Morgan fingerprint density at radius 3 is 2.39 bits per heavy atom. The number of benzene rings is 1. The summed E-state index contributed by atoms with van der Waals surface area (Å²) < 4.78 is 49.9. The van der Waals surface area contributed by atoms with Crippen LogP contribution in [0.3, 0.4) is 0 Å². The van der Waals surface area contributed by atoms with Crippen molar-refractivity contribution < 1.29 is 32.2 Å². The summed E-state index contributed by atoms with van der Waals surface area (Å²) >= 11 is 0.516. The third-order valence-corrected chi connectivity index (χ3v) is 5.05. The van der Waals surface area contributed by atoms with Crippen LogP contribution in [0.25, 0.3) is 0 Å². The fourth-order valence-corrected chi connectivity index (χ4v) is 3.60. The van der Waals surface area contributed by atoms with E-state index >= 15 is 0 Å². The minimum absolute atomic E-state index is 0.0690. The molecule has 2 aromatic rings. The minimum Gasteiger partial charge on any atom is -0.497 e. The van der Waals surface area contributed by atoms with Crippen molar-refractivity contribution >= 4 is 28.3 Å². The van der Waals surface area contributed by atoms with Crippen LogP contribution in [0.1, 0.15) is 45.5 Å². The van der Waals surface area contributed by atoms with Crippen LogP contribution in [0.5, 0.6) is 5.75 Å². The van der Waals surface area contributed by atoms with E-state index in [2.05, 4.69) is 4.98 Å². The van der Waals surface area contributed by atoms with E-state index in [9.17, 15) is 22.8 Å². The molecule has 3 rings (SSSR count). The van der Waals surface area contributed by atoms with Crippen molar-refractivity contribution in [3.63, 3.8) is 0 Å². The molecule has 1 aliphatic carbocycles. The number of amides is 1. The van der Waals surface area contributed by atoms with E-state index in [1.165, 1.54) is 31.1 Å². The van der Waals surface area contributed by atoms with Crippen molar-refractivity contribution in [2.24, 2.45) is 0 Å². The van der Waals surface area contributed by atoms with E-state index in [1.54, 1.807) is 12.1 Å². The van der Waals surface area contributed by atoms with Gasteiger partial charge >= 0.3 is 12.1 Å². The molecule has 6 nitrogen and oxygen atoms in total. The summed E-state index contributed by atoms with van der Waals surface area (Å²) in [7, 11) is 1.48. The predicted octanol–water partition coefficient (Wildman–Crippen LogP) is 4.16. The van der Waals surface area contributed by atoms with Gasteiger partial charge in [-0.05, 0) is 44.0 Å². The van der Waals surface area contributed by atoms with Crippen LogP contribution in [0.15, 0.2) is 24.3 Å². The number of thiazole rings is 1. The molecular formula is C18H17F3N2O4S. The van der Waals surface area contributed by atoms with Crippen molar-refractivity contribution in [1.82, 2.24) is 4.98 Å². The van der Waals surface area contributed by atoms with E-state index in [1.807, 2.05) is 0 Å². The molecule has 1 amide bonds. The second kappa shape index (κ2) is 7.78. The molecule has 0 atom stereocenters. The molecule has 150 valence electrons. The Morgan fingerprint density at radius 2 is 1.89 bits per heavy atom. The lowest BCUT2D eigenvalue weighted by molar-refractivity contribution is -0.141. The van der Waals surface area contributed by atoms with Crippen molar-refractivity contribution in [3.05, 3.63) is 40.4 Å². The number of alkyl halides is 3. The van der Waals surface area contributed by atoms with Gasteiger partial charge in [-0.15, -0.1) is 0 Å². The third kappa shape index (κ3) is 4.11. The number of hydrogen-bond donors (Lipinski definition) is 0. The smallest absolute Gasteiger partial charge is 0.435 e. The summed E-state index contributed by atoms with van der Waals surface area (Å²) in [5.41, 5.74) is -1.05. The molecule has 1 saturated carbocycles. The number of rotatable bonds is 6. The van der Waals surface area contributed by atoms with Crippen molar-refractivity contribution in [2.45, 2.75) is 32.0 Å². The fourth-order valence-electron chi connectivity index (χ4n) is 2.55. The number of carbonyl (C=O) groups excluding carboxylic acids is 2. The van der Waals surface area contributed by atoms with E-state index < -0.39 is 28.6 Å². The standard InChI is InChI=1S/C18H17F3N2O4S/c1-3-27-16(25)13-14(18(19,20)21)22-17(28-13)23(11-6-7-11)15(24)10-4-8-12(26-2)9-5-10/h4-5,8-9,11H,3,6-7H2,1-2H3. The van der Waals surface area contributed by atoms with Gasteiger partial charge < -0.3 is 9.47 Å². The molecule has 1 fully saturated rings. The maximum Gasteiger partial charge on any atom is 0.435 e. The average molecular weight is 414 g/mol. The van der Waals surface area contributed by atoms with Gasteiger partial charge in [0.25, 0.3) is 5.91 Å². The van der Waals surface area contributed by atoms with Gasteiger partial charge in [-0.2, -0.15) is 13.2 Å². The maximum atomic E-state index is 13.4. The van der Waals surface area contributed by atoms with E-state index in [0.29, 0.717) is 29.9 Å². The lowest BCUT2D eigenvalue weighted by atomic mass is 10.2. The minimum atomic E-state index is -4.84. The van der Waals surface area contributed by atoms with Gasteiger partial charge in [0, 0.05) is 11.6 Å². The highest BCUT2D eigenvalue weighted by Gasteiger charge is 2.43. The molecular weight excluding hydrogens is 397 g/mol. The van der Waals surface area contributed by atoms with Gasteiger partial charge in [0.05, 0.1) is 13.7 Å². The van der Waals surface area contributed by atoms with Crippen LogP contribution in [0.4, 0.5) is 18.3 Å². The second-order valence-electron chi connectivity index (χ2n) is 6.03. The summed E-state index contributed by atoms with van der Waals surface area (Å²) in [5, 5.41) is -0.168. The molecule has 28 heavy (non-hydrogen) atoms. The summed E-state index contributed by atoms with van der Waals surface area (Å²) in [6, 6.07) is 5.98. The Morgan fingerprint density at radius 1 is 1.25 bits per heavy atom. The largest absolute Gasteiger partial charge is 0.497 e. The highest BCUT2D eigenvalue weighted by molar-refractivity contribution is 7.17. The number of ether oxygens (including phenoxy) is 2. The second-order valence-corrected chi connectivity index (χ2v) is 7.00. The Labute approximate surface area is 162 Å². The number of hydrogen-bond acceptors (Lipinski definition) is 6. The summed E-state index contributed by atoms with van der Waals surface area (Å²) in [5.74, 6) is -1.04. The SMILES string of the molecule is CCOC(=O)c1sc(N(C(=O)c2ccc(OC)cc2)C2CC2)nc1C(F)(F)F. The monoisotopic (exact) mass is 414 g/mol. The molecule has 0 spiro atoms. The predicted molar refractivity (Wildman–Crippen MR) is 95.9 cm³/mol. The quantitative estimate of drug-likeness (QED) is 0.664. The molecule has 0 bridgehead atoms. The first-order chi connectivity index (χ1) is 13.3. The first-order valence-electron chi connectivity index (χ1n) is 8.49. The van der Waals surface area contributed by atoms with E-state index in [-0.39, 0.29) is 23.3 Å². The van der Waals surface area contributed by atoms with Gasteiger partial charge in [0.15, 0.2) is 10.8 Å². The van der Waals surface area contributed by atoms with Crippen LogP contribution < -0.4 is 9.64 Å². The molecule has 10 heteroatoms. The Hall–Kier alpha value is -2.62. The van der Waals surface area contributed by atoms with Crippen LogP contribution in [0, 0.1) is 0 Å². The van der Waals surface area contributed by atoms with Crippen LogP contribution in [-0.4, -0.2) is 36.6 Å². The molecule has 0 radical (unpaired) electrons. The maximum absolute atomic E-state index is 13.4. The zero-order valence-electron chi connectivity index (χ0n) is 15.1. The van der Waals surface area contributed by atoms with E-state index in [0.717, 1.165) is 0 Å². The van der Waals surface area contributed by atoms with Gasteiger partial charge in [-0.1, -0.05) is 11.3 Å². The van der Waals surface area contributed by atoms with Crippen molar-refractivity contribution in [2.75, 3.05) is 18.6 Å². The normalized spacial score (nSPS) is 13.9. The topological polar surface area (TPSA) is 68.7 Å². The van der Waals surface area contributed by atoms with Crippen LogP contribution >= 0.6 is 11.3 Å². The average Bonchev–Trinajstić information content (AvgIpc) is 3.38. The highest BCUT2D eigenvalue weighted by Crippen LogP contribution is 2.41. The third-order valence-electron chi connectivity index (χ3n) is 4.02. The van der Waals surface area contributed by atoms with Gasteiger partial charge in [0.1, 0.15) is 10.6 Å². The lowest BCUT2D eigenvalue weighted by Crippen LogP contribution is -2.33. The fraction of sp³-hybridized carbons (Fsp3) is 0.389. The van der Waals surface area contributed by atoms with Gasteiger partial charge in [0.2, 0.25) is 0 Å². The number of methoxy groups -OCH3 is 1. The molecule has 0 N–H and O–H groups in total. The summed E-state index contributed by atoms with van der Waals surface area (Å²) in [6.07, 6.45) is -3.54. The Bertz CT molecular complexity index is 876. The summed E-state index contributed by atoms with van der Waals surface area (Å²) in [6.45, 7) is 1.43. The molecule has 0 unspecified atom stereocenters. The molecule has 0 saturated heterocycles. The number of carbonyl (C=O) groups is 2. The Balaban J connectivity index is 2.00. The highest BCUT2D eigenvalue weighted by atomic mass is 32.1.